The van der Waals surface area contributed by atoms with Gasteiger partial charge in [0.2, 0.25) is 0 Å². The summed E-state index contributed by atoms with van der Waals surface area (Å²) in [7, 11) is 0. The molecule has 0 aliphatic carbocycles. The summed E-state index contributed by atoms with van der Waals surface area (Å²) in [5, 5.41) is 6.57. The molecule has 1 heterocycles. The van der Waals surface area contributed by atoms with Gasteiger partial charge in [-0.25, -0.2) is 5.43 Å². The summed E-state index contributed by atoms with van der Waals surface area (Å²) in [6, 6.07) is 16.5. The van der Waals surface area contributed by atoms with E-state index in [-0.39, 0.29) is 23.7 Å². The Bertz CT molecular complexity index is 1110. The average Bonchev–Trinajstić information content (AvgIpc) is 3.33. The van der Waals surface area contributed by atoms with Crippen molar-refractivity contribution in [2.45, 2.75) is 13.3 Å². The molecule has 0 saturated heterocycles. The lowest BCUT2D eigenvalue weighted by molar-refractivity contribution is -0.110. The number of ether oxygens (including phenoxy) is 1. The fourth-order valence-electron chi connectivity index (χ4n) is 2.65. The maximum atomic E-state index is 12.8. The van der Waals surface area contributed by atoms with E-state index in [2.05, 4.69) is 31.8 Å². The topological polar surface area (TPSA) is 110 Å². The summed E-state index contributed by atoms with van der Waals surface area (Å²) in [4.78, 5) is 37.7. The van der Waals surface area contributed by atoms with Gasteiger partial charge in [0.05, 0.1) is 19.3 Å². The van der Waals surface area contributed by atoms with Gasteiger partial charge in [-0.1, -0.05) is 28.1 Å². The van der Waals surface area contributed by atoms with Gasteiger partial charge in [-0.3, -0.25) is 14.4 Å². The molecule has 9 heteroatoms. The van der Waals surface area contributed by atoms with E-state index in [1.807, 2.05) is 6.92 Å². The van der Waals surface area contributed by atoms with Gasteiger partial charge in [0.15, 0.2) is 11.5 Å². The van der Waals surface area contributed by atoms with Crippen LogP contribution in [-0.2, 0) is 4.79 Å². The summed E-state index contributed by atoms with van der Waals surface area (Å²) in [6.07, 6.45) is 1.03. The van der Waals surface area contributed by atoms with Gasteiger partial charge in [0.1, 0.15) is 11.5 Å². The fourth-order valence-corrected chi connectivity index (χ4v) is 2.91. The molecule has 1 aromatic heterocycles. The minimum Gasteiger partial charge on any atom is -0.494 e. The van der Waals surface area contributed by atoms with Crippen LogP contribution in [0.2, 0.25) is 0 Å². The highest BCUT2D eigenvalue weighted by atomic mass is 79.9. The number of nitrogens with zero attached hydrogens (tertiary/aromatic N) is 1. The molecule has 0 saturated carbocycles. The summed E-state index contributed by atoms with van der Waals surface area (Å²) < 4.78 is 11.2. The van der Waals surface area contributed by atoms with Gasteiger partial charge in [0.25, 0.3) is 5.91 Å². The van der Waals surface area contributed by atoms with Gasteiger partial charge >= 0.3 is 5.91 Å². The number of halogens is 1. The molecule has 0 aliphatic heterocycles. The summed E-state index contributed by atoms with van der Waals surface area (Å²) in [5.74, 6) is -0.906. The van der Waals surface area contributed by atoms with Gasteiger partial charge in [-0.05, 0) is 55.5 Å². The number of hydrogen-bond acceptors (Lipinski definition) is 6. The quantitative estimate of drug-likeness (QED) is 0.258. The number of nitrogens with one attached hydrogen (secondary N) is 2. The lowest BCUT2D eigenvalue weighted by atomic mass is 10.1. The van der Waals surface area contributed by atoms with Crippen LogP contribution < -0.4 is 15.5 Å². The number of Topliss-reactive ketones (excluding diaryl/α,β-unsaturated/α-hetero) is 1. The van der Waals surface area contributed by atoms with Crippen molar-refractivity contribution in [2.75, 3.05) is 11.9 Å². The van der Waals surface area contributed by atoms with Crippen molar-refractivity contribution in [3.8, 4) is 5.75 Å². The van der Waals surface area contributed by atoms with Crippen molar-refractivity contribution >= 4 is 44.9 Å². The van der Waals surface area contributed by atoms with E-state index in [0.29, 0.717) is 23.6 Å². The Balaban J connectivity index is 1.77. The van der Waals surface area contributed by atoms with Crippen LogP contribution in [-0.4, -0.2) is 29.9 Å². The summed E-state index contributed by atoms with van der Waals surface area (Å²) >= 11 is 3.32. The van der Waals surface area contributed by atoms with E-state index < -0.39 is 11.8 Å². The van der Waals surface area contributed by atoms with Crippen LogP contribution >= 0.6 is 15.9 Å². The molecule has 2 amide bonds. The molecule has 2 aromatic carbocycles. The Hall–Kier alpha value is -3.72. The van der Waals surface area contributed by atoms with E-state index in [4.69, 9.17) is 9.15 Å². The third-order valence-electron chi connectivity index (χ3n) is 4.22. The molecule has 0 atom stereocenters. The molecule has 2 N–H and O–H groups in total. The standard InChI is InChI=1S/C23H20BrN3O5/c1-2-31-18-11-9-17(10-12-18)25-22(29)19(26-27-23(30)21-4-3-13-32-21)14-20(28)15-5-7-16(24)8-6-15/h3-13H,2,14H2,1H3,(H,25,29)(H,27,30). The van der Waals surface area contributed by atoms with Crippen molar-refractivity contribution in [3.05, 3.63) is 82.7 Å². The molecule has 0 fully saturated rings. The molecule has 8 nitrogen and oxygen atoms in total. The Morgan fingerprint density at radius 2 is 1.75 bits per heavy atom. The first-order valence-corrected chi connectivity index (χ1v) is 10.5. The first-order valence-electron chi connectivity index (χ1n) is 9.69. The number of carbonyl (C=O) groups excluding carboxylic acids is 3. The number of hydrazone groups is 1. The molecule has 3 rings (SSSR count). The van der Waals surface area contributed by atoms with Crippen LogP contribution in [0.5, 0.6) is 5.75 Å². The van der Waals surface area contributed by atoms with Gasteiger partial charge in [-0.15, -0.1) is 0 Å². The molecule has 0 bridgehead atoms. The number of ketones is 1. The molecule has 3 aromatic rings. The molecule has 164 valence electrons. The SMILES string of the molecule is CCOc1ccc(NC(=O)C(CC(=O)c2ccc(Br)cc2)=NNC(=O)c2ccco2)cc1. The van der Waals surface area contributed by atoms with E-state index in [0.717, 1.165) is 4.47 Å². The van der Waals surface area contributed by atoms with Crippen molar-refractivity contribution in [1.82, 2.24) is 5.43 Å². The van der Waals surface area contributed by atoms with E-state index in [1.54, 1.807) is 54.6 Å². The van der Waals surface area contributed by atoms with Crippen LogP contribution in [0.4, 0.5) is 5.69 Å². The smallest absolute Gasteiger partial charge is 0.307 e. The van der Waals surface area contributed by atoms with E-state index in [9.17, 15) is 14.4 Å². The minimum absolute atomic E-state index is 0.0271. The maximum absolute atomic E-state index is 12.8. The molecule has 0 aliphatic rings. The highest BCUT2D eigenvalue weighted by Crippen LogP contribution is 2.16. The van der Waals surface area contributed by atoms with Crippen molar-refractivity contribution in [3.63, 3.8) is 0 Å². The van der Waals surface area contributed by atoms with Crippen molar-refractivity contribution in [1.29, 1.82) is 0 Å². The first kappa shape index (κ1) is 23.0. The van der Waals surface area contributed by atoms with Gasteiger partial charge in [-0.2, -0.15) is 5.10 Å². The monoisotopic (exact) mass is 497 g/mol. The third kappa shape index (κ3) is 6.39. The molecule has 0 radical (unpaired) electrons. The number of carbonyl (C=O) groups is 3. The second-order valence-electron chi connectivity index (χ2n) is 6.50. The number of furan rings is 1. The zero-order valence-corrected chi connectivity index (χ0v) is 18.7. The van der Waals surface area contributed by atoms with Crippen LogP contribution in [0.1, 0.15) is 34.3 Å². The predicted octanol–water partition coefficient (Wildman–Crippen LogP) is 4.44. The van der Waals surface area contributed by atoms with Gasteiger partial charge in [0, 0.05) is 15.7 Å². The Kier molecular flexibility index (Phi) is 7.93. The predicted molar refractivity (Wildman–Crippen MR) is 123 cm³/mol. The number of hydrogen-bond donors (Lipinski definition) is 2. The minimum atomic E-state index is -0.641. The highest BCUT2D eigenvalue weighted by Gasteiger charge is 2.19. The number of anilines is 1. The largest absolute Gasteiger partial charge is 0.494 e. The highest BCUT2D eigenvalue weighted by molar-refractivity contribution is 9.10. The average molecular weight is 498 g/mol. The van der Waals surface area contributed by atoms with Crippen molar-refractivity contribution in [2.24, 2.45) is 5.10 Å². The molecule has 0 spiro atoms. The van der Waals surface area contributed by atoms with Crippen LogP contribution in [0.3, 0.4) is 0 Å². The maximum Gasteiger partial charge on any atom is 0.307 e. The van der Waals surface area contributed by atoms with E-state index >= 15 is 0 Å². The van der Waals surface area contributed by atoms with Gasteiger partial charge < -0.3 is 14.5 Å². The second-order valence-corrected chi connectivity index (χ2v) is 7.41. The number of benzene rings is 2. The number of amides is 2. The molecule has 32 heavy (non-hydrogen) atoms. The Labute approximate surface area is 192 Å². The lowest BCUT2D eigenvalue weighted by Gasteiger charge is -2.09. The van der Waals surface area contributed by atoms with E-state index in [1.165, 1.54) is 12.3 Å². The normalized spacial score (nSPS) is 11.0. The summed E-state index contributed by atoms with van der Waals surface area (Å²) in [6.45, 7) is 2.40. The first-order chi connectivity index (χ1) is 15.5. The molecular weight excluding hydrogens is 478 g/mol. The number of rotatable bonds is 9. The Morgan fingerprint density at radius 1 is 1.03 bits per heavy atom. The second kappa shape index (κ2) is 11.1. The summed E-state index contributed by atoms with van der Waals surface area (Å²) in [5.41, 5.74) is 2.99. The van der Waals surface area contributed by atoms with Crippen LogP contribution in [0.15, 0.2) is 80.9 Å². The fraction of sp³-hybridized carbons (Fsp3) is 0.130. The van der Waals surface area contributed by atoms with Crippen molar-refractivity contribution < 1.29 is 23.5 Å². The van der Waals surface area contributed by atoms with Crippen LogP contribution in [0, 0.1) is 0 Å². The van der Waals surface area contributed by atoms with Crippen LogP contribution in [0.25, 0.3) is 0 Å². The molecule has 0 unspecified atom stereocenters. The zero-order chi connectivity index (χ0) is 22.9. The molecular formula is C23H20BrN3O5. The lowest BCUT2D eigenvalue weighted by Crippen LogP contribution is -2.29. The zero-order valence-electron chi connectivity index (χ0n) is 17.1. The third-order valence-corrected chi connectivity index (χ3v) is 4.75. The Morgan fingerprint density at radius 3 is 2.38 bits per heavy atom.